The molecule has 0 saturated heterocycles. The molecular weight excluding hydrogens is 894 g/mol. The van der Waals surface area contributed by atoms with Gasteiger partial charge < -0.3 is 65.0 Å². The summed E-state index contributed by atoms with van der Waals surface area (Å²) >= 11 is 0. The average molecular weight is 955 g/mol. The Kier molecular flexibility index (Phi) is 24.2. The maximum Gasteiger partial charge on any atom is 0.306 e. The Morgan fingerprint density at radius 3 is 0.727 bits per heavy atom. The van der Waals surface area contributed by atoms with Gasteiger partial charge in [0.1, 0.15) is 0 Å². The van der Waals surface area contributed by atoms with Crippen LogP contribution in [0.25, 0.3) is 0 Å². The fraction of sp³-hybridized carbons (Fsp3) is 0.571. The van der Waals surface area contributed by atoms with Gasteiger partial charge in [0, 0.05) is 47.4 Å². The molecule has 12 atom stereocenters. The molecule has 66 heavy (non-hydrogen) atoms. The molecule has 6 saturated carbocycles. The largest absolute Gasteiger partial charge is 0.481 e. The van der Waals surface area contributed by atoms with Crippen molar-refractivity contribution in [3.8, 4) is 0 Å². The van der Waals surface area contributed by atoms with Gasteiger partial charge in [0.15, 0.2) is 0 Å². The van der Waals surface area contributed by atoms with E-state index in [4.69, 9.17) is 65.0 Å². The number of carboxylic acids is 6. The van der Waals surface area contributed by atoms with E-state index in [9.17, 15) is 55.1 Å². The molecule has 6 fully saturated rings. The molecule has 0 aromatic rings. The van der Waals surface area contributed by atoms with Gasteiger partial charge >= 0.3 is 35.8 Å². The molecule has 0 radical (unpaired) electrons. The van der Waals surface area contributed by atoms with Crippen LogP contribution in [0.5, 0.6) is 0 Å². The lowest BCUT2D eigenvalue weighted by atomic mass is 10.1. The van der Waals surface area contributed by atoms with Gasteiger partial charge in [0.05, 0.1) is 48.2 Å². The zero-order chi connectivity index (χ0) is 50.9. The van der Waals surface area contributed by atoms with E-state index in [0.717, 1.165) is 11.1 Å². The normalized spacial score (nSPS) is 32.0. The molecule has 0 bridgehead atoms. The minimum atomic E-state index is -1.83. The molecule has 0 aliphatic heterocycles. The molecular formula is C42H60F6N6O12. The Hall–Kier alpha value is -5.40. The van der Waals surface area contributed by atoms with Crippen LogP contribution in [0, 0.1) is 35.5 Å². The molecule has 0 aromatic heterocycles. The molecule has 18 nitrogen and oxygen atoms in total. The summed E-state index contributed by atoms with van der Waals surface area (Å²) in [7, 11) is 0. The van der Waals surface area contributed by atoms with Gasteiger partial charge in [-0.25, -0.2) is 8.78 Å². The van der Waals surface area contributed by atoms with Crippen molar-refractivity contribution >= 4 is 35.8 Å². The van der Waals surface area contributed by atoms with Crippen molar-refractivity contribution in [2.75, 3.05) is 0 Å². The van der Waals surface area contributed by atoms with Crippen LogP contribution in [0.4, 0.5) is 26.3 Å². The lowest BCUT2D eigenvalue weighted by Crippen LogP contribution is -2.19. The zero-order valence-corrected chi connectivity index (χ0v) is 35.8. The first kappa shape index (κ1) is 58.6. The van der Waals surface area contributed by atoms with E-state index in [2.05, 4.69) is 13.2 Å². The Bertz CT molecular complexity index is 1790. The number of nitrogens with two attached hydrogens (primary N) is 6. The summed E-state index contributed by atoms with van der Waals surface area (Å²) in [5.41, 5.74) is 34.7. The van der Waals surface area contributed by atoms with E-state index in [0.29, 0.717) is 62.3 Å². The van der Waals surface area contributed by atoms with Crippen LogP contribution < -0.4 is 34.4 Å². The highest BCUT2D eigenvalue weighted by atomic mass is 19.3. The Labute approximate surface area is 375 Å². The molecule has 24 heteroatoms. The molecule has 0 aromatic carbocycles. The minimum absolute atomic E-state index is 0.0962. The van der Waals surface area contributed by atoms with Crippen molar-refractivity contribution in [2.24, 2.45) is 69.9 Å². The maximum absolute atomic E-state index is 12.0. The summed E-state index contributed by atoms with van der Waals surface area (Å²) in [4.78, 5) is 62.4. The van der Waals surface area contributed by atoms with Crippen molar-refractivity contribution in [2.45, 2.75) is 113 Å². The molecule has 0 amide bonds. The second kappa shape index (κ2) is 27.3. The topological polar surface area (TPSA) is 380 Å². The Morgan fingerprint density at radius 2 is 0.606 bits per heavy atom. The first-order valence-corrected chi connectivity index (χ1v) is 20.5. The predicted octanol–water partition coefficient (Wildman–Crippen LogP) is 3.97. The molecule has 0 heterocycles. The van der Waals surface area contributed by atoms with Gasteiger partial charge in [-0.1, -0.05) is 24.3 Å². The Morgan fingerprint density at radius 1 is 0.394 bits per heavy atom. The van der Waals surface area contributed by atoms with Crippen LogP contribution in [-0.2, 0) is 28.8 Å². The number of carboxylic acid groups (broad SMARTS) is 6. The fourth-order valence-electron chi connectivity index (χ4n) is 7.72. The van der Waals surface area contributed by atoms with Gasteiger partial charge in [0.2, 0.25) is 0 Å². The highest BCUT2D eigenvalue weighted by Crippen LogP contribution is 2.35. The van der Waals surface area contributed by atoms with E-state index in [1.54, 1.807) is 0 Å². The highest BCUT2D eigenvalue weighted by molar-refractivity contribution is 5.73. The summed E-state index contributed by atoms with van der Waals surface area (Å²) in [6.07, 6.45) is 0.617. The number of carbonyl (C=O) groups is 6. The van der Waals surface area contributed by atoms with Crippen molar-refractivity contribution in [1.29, 1.82) is 0 Å². The summed E-state index contributed by atoms with van der Waals surface area (Å²) in [6, 6.07) is -2.56. The van der Waals surface area contributed by atoms with Crippen LogP contribution in [0.15, 0.2) is 71.4 Å². The van der Waals surface area contributed by atoms with E-state index < -0.39 is 95.8 Å². The van der Waals surface area contributed by atoms with Crippen molar-refractivity contribution in [3.63, 3.8) is 0 Å². The molecule has 0 unspecified atom stereocenters. The number of halogens is 6. The molecule has 372 valence electrons. The summed E-state index contributed by atoms with van der Waals surface area (Å²) in [5, 5.41) is 51.2. The number of rotatable bonds is 6. The van der Waals surface area contributed by atoms with E-state index in [-0.39, 0.29) is 73.6 Å². The summed E-state index contributed by atoms with van der Waals surface area (Å²) in [5.74, 6) is -8.45. The van der Waals surface area contributed by atoms with Gasteiger partial charge in [0.25, 0.3) is 12.2 Å². The predicted molar refractivity (Wildman–Crippen MR) is 225 cm³/mol. The standard InChI is InChI=1S/2C7H9F2NO2.2C7H10FNO2.2C7H11NO2/c2*8-6(9)4-1-3(7(11)12)2-5(4)10;2*8-3-5-1-4(7(10)11)2-6(5)9;2*1-4-2-5(7(9)10)3-6(4)8/h2*3,5H,1-2,10H2,(H,11,12);2*3-4,6H,1-2,9H2,(H,10,11);2*5-6H,1-3,8H2,(H,9,10)/b;;5-3+;5-3-;;/t3-,5+;3-,5-;2*4-,6-;5-,6+;5-,6-/m000000/s1. The third kappa shape index (κ3) is 18.5. The molecule has 6 rings (SSSR count). The zero-order valence-electron chi connectivity index (χ0n) is 35.8. The maximum atomic E-state index is 12.0. The van der Waals surface area contributed by atoms with Gasteiger partial charge in [-0.15, -0.1) is 0 Å². The average Bonchev–Trinajstić information content (AvgIpc) is 4.09. The fourth-order valence-corrected chi connectivity index (χ4v) is 7.72. The van der Waals surface area contributed by atoms with Crippen LogP contribution in [0.1, 0.15) is 77.0 Å². The van der Waals surface area contributed by atoms with Gasteiger partial charge in [-0.3, -0.25) is 28.8 Å². The molecule has 6 aliphatic rings. The van der Waals surface area contributed by atoms with E-state index in [1.807, 2.05) is 0 Å². The molecule has 18 N–H and O–H groups in total. The van der Waals surface area contributed by atoms with E-state index >= 15 is 0 Å². The van der Waals surface area contributed by atoms with Crippen LogP contribution in [0.3, 0.4) is 0 Å². The first-order chi connectivity index (χ1) is 30.6. The SMILES string of the molecule is C=C1C[C@H](C(=O)O)C[C@@H]1N.C=C1C[C@H](C(=O)O)C[C@H]1N.N[C@@H]1C[C@@H](C(=O)O)CC1=C(F)F.N[C@H]1C[C@@H](C(=O)O)C/C1=C/F.N[C@H]1C[C@@H](C(=O)O)C/C1=C\F.N[C@H]1C[C@@H](C(=O)O)CC1=C(F)F. The highest BCUT2D eigenvalue weighted by Gasteiger charge is 2.36. The van der Waals surface area contributed by atoms with Crippen molar-refractivity contribution < 1.29 is 85.7 Å². The second-order valence-corrected chi connectivity index (χ2v) is 16.7. The van der Waals surface area contributed by atoms with Crippen molar-refractivity contribution in [1.82, 2.24) is 0 Å². The lowest BCUT2D eigenvalue weighted by Gasteiger charge is -2.00. The second-order valence-electron chi connectivity index (χ2n) is 16.7. The smallest absolute Gasteiger partial charge is 0.306 e. The monoisotopic (exact) mass is 954 g/mol. The third-order valence-corrected chi connectivity index (χ3v) is 11.9. The summed E-state index contributed by atoms with van der Waals surface area (Å²) < 4.78 is 72.0. The Balaban J connectivity index is 0.000000397. The van der Waals surface area contributed by atoms with Crippen LogP contribution in [0.2, 0.25) is 0 Å². The number of hydrogen-bond acceptors (Lipinski definition) is 12. The van der Waals surface area contributed by atoms with Crippen LogP contribution in [-0.4, -0.2) is 103 Å². The van der Waals surface area contributed by atoms with E-state index in [1.165, 1.54) is 0 Å². The third-order valence-electron chi connectivity index (χ3n) is 11.9. The van der Waals surface area contributed by atoms with Crippen molar-refractivity contribution in [3.05, 3.63) is 71.4 Å². The van der Waals surface area contributed by atoms with Gasteiger partial charge in [-0.05, 0) is 88.2 Å². The molecule has 0 spiro atoms. The quantitative estimate of drug-likeness (QED) is 0.132. The molecule has 6 aliphatic carbocycles. The summed E-state index contributed by atoms with van der Waals surface area (Å²) in [6.45, 7) is 7.36. The minimum Gasteiger partial charge on any atom is -0.481 e. The van der Waals surface area contributed by atoms with Gasteiger partial charge in [-0.2, -0.15) is 17.6 Å². The first-order valence-electron chi connectivity index (χ1n) is 20.5. The van der Waals surface area contributed by atoms with Crippen LogP contribution >= 0.6 is 0 Å². The number of aliphatic carboxylic acids is 6. The lowest BCUT2D eigenvalue weighted by molar-refractivity contribution is -0.142. The number of hydrogen-bond donors (Lipinski definition) is 12.